The van der Waals surface area contributed by atoms with Crippen molar-refractivity contribution in [1.29, 1.82) is 0 Å². The van der Waals surface area contributed by atoms with Crippen LogP contribution < -0.4 is 5.32 Å². The number of nitrogens with zero attached hydrogens (tertiary/aromatic N) is 1. The van der Waals surface area contributed by atoms with Crippen LogP contribution in [0.5, 0.6) is 0 Å². The van der Waals surface area contributed by atoms with Crippen molar-refractivity contribution in [2.24, 2.45) is 0 Å². The molecule has 1 heterocycles. The molecule has 1 aliphatic heterocycles. The molecular formula is C11H22N2O2. The Labute approximate surface area is 92.0 Å². The van der Waals surface area contributed by atoms with Gasteiger partial charge < -0.3 is 15.0 Å². The van der Waals surface area contributed by atoms with Crippen molar-refractivity contribution in [3.8, 4) is 0 Å². The molecule has 4 nitrogen and oxygen atoms in total. The fourth-order valence-corrected chi connectivity index (χ4v) is 1.82. The van der Waals surface area contributed by atoms with E-state index in [2.05, 4.69) is 5.32 Å². The Bertz CT molecular complexity index is 187. The molecule has 4 heteroatoms. The quantitative estimate of drug-likeness (QED) is 0.729. The third-order valence-electron chi connectivity index (χ3n) is 2.82. The van der Waals surface area contributed by atoms with Crippen molar-refractivity contribution >= 4 is 5.91 Å². The van der Waals surface area contributed by atoms with Crippen LogP contribution in [0, 0.1) is 0 Å². The summed E-state index contributed by atoms with van der Waals surface area (Å²) < 4.78 is 5.34. The largest absolute Gasteiger partial charge is 0.380 e. The van der Waals surface area contributed by atoms with Gasteiger partial charge in [-0.2, -0.15) is 0 Å². The highest BCUT2D eigenvalue weighted by atomic mass is 16.5. The number of carbonyl (C=O) groups excluding carboxylic acids is 1. The van der Waals surface area contributed by atoms with E-state index in [0.29, 0.717) is 12.6 Å². The van der Waals surface area contributed by atoms with Crippen LogP contribution in [0.25, 0.3) is 0 Å². The first kappa shape index (κ1) is 12.5. The Balaban J connectivity index is 2.20. The van der Waals surface area contributed by atoms with Crippen LogP contribution in [-0.4, -0.2) is 49.7 Å². The third-order valence-corrected chi connectivity index (χ3v) is 2.82. The summed E-state index contributed by atoms with van der Waals surface area (Å²) in [7, 11) is 0. The lowest BCUT2D eigenvalue weighted by Crippen LogP contribution is -2.44. The number of hydrogen-bond donors (Lipinski definition) is 1. The van der Waals surface area contributed by atoms with Crippen molar-refractivity contribution in [2.45, 2.75) is 32.7 Å². The second-order valence-electron chi connectivity index (χ2n) is 3.86. The molecule has 1 fully saturated rings. The summed E-state index contributed by atoms with van der Waals surface area (Å²) in [5, 5.41) is 3.25. The molecule has 0 spiro atoms. The molecule has 0 radical (unpaired) electrons. The highest BCUT2D eigenvalue weighted by Crippen LogP contribution is 2.05. The maximum absolute atomic E-state index is 11.7. The topological polar surface area (TPSA) is 41.6 Å². The SMILES string of the molecule is CCN(CC)C(=O)CNC1CCCOC1. The predicted molar refractivity (Wildman–Crippen MR) is 59.8 cm³/mol. The van der Waals surface area contributed by atoms with Crippen molar-refractivity contribution in [3.63, 3.8) is 0 Å². The van der Waals surface area contributed by atoms with Gasteiger partial charge in [0, 0.05) is 25.7 Å². The summed E-state index contributed by atoms with van der Waals surface area (Å²) in [6.45, 7) is 7.63. The normalized spacial score (nSPS) is 21.3. The summed E-state index contributed by atoms with van der Waals surface area (Å²) in [4.78, 5) is 13.5. The molecule has 1 atom stereocenters. The maximum Gasteiger partial charge on any atom is 0.236 e. The number of rotatable bonds is 5. The van der Waals surface area contributed by atoms with Gasteiger partial charge in [0.25, 0.3) is 0 Å². The molecule has 1 rings (SSSR count). The van der Waals surface area contributed by atoms with Gasteiger partial charge in [0.05, 0.1) is 13.2 Å². The average molecular weight is 214 g/mol. The fraction of sp³-hybridized carbons (Fsp3) is 0.909. The Morgan fingerprint density at radius 1 is 1.47 bits per heavy atom. The van der Waals surface area contributed by atoms with E-state index >= 15 is 0 Å². The predicted octanol–water partition coefficient (Wildman–Crippen LogP) is 0.623. The van der Waals surface area contributed by atoms with E-state index in [1.165, 1.54) is 0 Å². The zero-order chi connectivity index (χ0) is 11.1. The smallest absolute Gasteiger partial charge is 0.236 e. The number of amides is 1. The lowest BCUT2D eigenvalue weighted by atomic mass is 10.1. The lowest BCUT2D eigenvalue weighted by Gasteiger charge is -2.25. The Morgan fingerprint density at radius 3 is 2.73 bits per heavy atom. The number of nitrogens with one attached hydrogen (secondary N) is 1. The van der Waals surface area contributed by atoms with E-state index in [1.807, 2.05) is 18.7 Å². The van der Waals surface area contributed by atoms with Crippen molar-refractivity contribution in [3.05, 3.63) is 0 Å². The lowest BCUT2D eigenvalue weighted by molar-refractivity contribution is -0.130. The number of hydrogen-bond acceptors (Lipinski definition) is 3. The molecule has 0 saturated carbocycles. The van der Waals surface area contributed by atoms with Gasteiger partial charge in [0.15, 0.2) is 0 Å². The second kappa shape index (κ2) is 6.80. The van der Waals surface area contributed by atoms with E-state index in [-0.39, 0.29) is 5.91 Å². The first-order valence-electron chi connectivity index (χ1n) is 5.86. The molecular weight excluding hydrogens is 192 g/mol. The van der Waals surface area contributed by atoms with Gasteiger partial charge in [-0.15, -0.1) is 0 Å². The first-order chi connectivity index (χ1) is 7.27. The van der Waals surface area contributed by atoms with Crippen LogP contribution in [0.3, 0.4) is 0 Å². The second-order valence-corrected chi connectivity index (χ2v) is 3.86. The molecule has 1 saturated heterocycles. The maximum atomic E-state index is 11.7. The van der Waals surface area contributed by atoms with E-state index in [0.717, 1.165) is 39.1 Å². The van der Waals surface area contributed by atoms with Crippen LogP contribution in [-0.2, 0) is 9.53 Å². The van der Waals surface area contributed by atoms with Gasteiger partial charge in [-0.3, -0.25) is 4.79 Å². The van der Waals surface area contributed by atoms with E-state index < -0.39 is 0 Å². The molecule has 0 aromatic carbocycles. The zero-order valence-electron chi connectivity index (χ0n) is 9.79. The zero-order valence-corrected chi connectivity index (χ0v) is 9.79. The fourth-order valence-electron chi connectivity index (χ4n) is 1.82. The number of ether oxygens (including phenoxy) is 1. The highest BCUT2D eigenvalue weighted by Gasteiger charge is 2.15. The highest BCUT2D eigenvalue weighted by molar-refractivity contribution is 5.78. The van der Waals surface area contributed by atoms with Crippen LogP contribution in [0.2, 0.25) is 0 Å². The van der Waals surface area contributed by atoms with Gasteiger partial charge in [-0.05, 0) is 26.7 Å². The Morgan fingerprint density at radius 2 is 2.20 bits per heavy atom. The van der Waals surface area contributed by atoms with Crippen LogP contribution in [0.4, 0.5) is 0 Å². The summed E-state index contributed by atoms with van der Waals surface area (Å²) >= 11 is 0. The molecule has 0 aromatic rings. The van der Waals surface area contributed by atoms with Crippen molar-refractivity contribution in [2.75, 3.05) is 32.8 Å². The Hall–Kier alpha value is -0.610. The first-order valence-corrected chi connectivity index (χ1v) is 5.86. The summed E-state index contributed by atoms with van der Waals surface area (Å²) in [6, 6.07) is 0.360. The van der Waals surface area contributed by atoms with Gasteiger partial charge in [-0.1, -0.05) is 0 Å². The molecule has 1 unspecified atom stereocenters. The minimum absolute atomic E-state index is 0.186. The summed E-state index contributed by atoms with van der Waals surface area (Å²) in [5.41, 5.74) is 0. The van der Waals surface area contributed by atoms with Crippen molar-refractivity contribution in [1.82, 2.24) is 10.2 Å². The standard InChI is InChI=1S/C11H22N2O2/c1-3-13(4-2)11(14)8-12-10-6-5-7-15-9-10/h10,12H,3-9H2,1-2H3. The minimum Gasteiger partial charge on any atom is -0.380 e. The van der Waals surface area contributed by atoms with Crippen LogP contribution >= 0.6 is 0 Å². The molecule has 0 aromatic heterocycles. The van der Waals surface area contributed by atoms with E-state index in [4.69, 9.17) is 4.74 Å². The van der Waals surface area contributed by atoms with E-state index in [1.54, 1.807) is 0 Å². The van der Waals surface area contributed by atoms with Gasteiger partial charge in [0.2, 0.25) is 5.91 Å². The van der Waals surface area contributed by atoms with Gasteiger partial charge in [0.1, 0.15) is 0 Å². The van der Waals surface area contributed by atoms with E-state index in [9.17, 15) is 4.79 Å². The number of likely N-dealkylation sites (N-methyl/N-ethyl adjacent to an activating group) is 1. The Kier molecular flexibility index (Phi) is 5.65. The molecule has 88 valence electrons. The van der Waals surface area contributed by atoms with Gasteiger partial charge >= 0.3 is 0 Å². The van der Waals surface area contributed by atoms with Crippen molar-refractivity contribution < 1.29 is 9.53 Å². The van der Waals surface area contributed by atoms with Crippen LogP contribution in [0.1, 0.15) is 26.7 Å². The molecule has 1 aliphatic rings. The summed E-state index contributed by atoms with van der Waals surface area (Å²) in [5.74, 6) is 0.186. The molecule has 1 N–H and O–H groups in total. The molecule has 0 bridgehead atoms. The third kappa shape index (κ3) is 4.18. The average Bonchev–Trinajstić information content (AvgIpc) is 2.29. The summed E-state index contributed by atoms with van der Waals surface area (Å²) in [6.07, 6.45) is 2.21. The minimum atomic E-state index is 0.186. The molecule has 15 heavy (non-hydrogen) atoms. The molecule has 0 aliphatic carbocycles. The van der Waals surface area contributed by atoms with Gasteiger partial charge in [-0.25, -0.2) is 0 Å². The number of carbonyl (C=O) groups is 1. The molecule has 1 amide bonds. The van der Waals surface area contributed by atoms with Crippen LogP contribution in [0.15, 0.2) is 0 Å². The monoisotopic (exact) mass is 214 g/mol.